The van der Waals surface area contributed by atoms with Gasteiger partial charge in [-0.05, 0) is 61.2 Å². The van der Waals surface area contributed by atoms with Crippen molar-refractivity contribution in [2.45, 2.75) is 45.7 Å². The van der Waals surface area contributed by atoms with Gasteiger partial charge in [-0.15, -0.1) is 0 Å². The molecule has 0 aromatic heterocycles. The number of hydrogen-bond donors (Lipinski definition) is 1. The maximum Gasteiger partial charge on any atom is 0.242 e. The molecular formula is C30H35Cl2N3O4S. The molecule has 40 heavy (non-hydrogen) atoms. The molecular weight excluding hydrogens is 569 g/mol. The monoisotopic (exact) mass is 603 g/mol. The lowest BCUT2D eigenvalue weighted by Gasteiger charge is -2.32. The van der Waals surface area contributed by atoms with E-state index in [1.165, 1.54) is 16.3 Å². The Bertz CT molecular complexity index is 1410. The summed E-state index contributed by atoms with van der Waals surface area (Å²) in [4.78, 5) is 28.4. The Morgan fingerprint density at radius 2 is 1.52 bits per heavy atom. The lowest BCUT2D eigenvalue weighted by Crippen LogP contribution is -2.50. The van der Waals surface area contributed by atoms with Gasteiger partial charge in [0.25, 0.3) is 0 Å². The number of hydrogen-bond acceptors (Lipinski definition) is 4. The second-order valence-electron chi connectivity index (χ2n) is 9.83. The predicted octanol–water partition coefficient (Wildman–Crippen LogP) is 5.54. The molecule has 1 N–H and O–H groups in total. The van der Waals surface area contributed by atoms with Crippen LogP contribution < -0.4 is 9.62 Å². The van der Waals surface area contributed by atoms with Crippen molar-refractivity contribution >= 4 is 50.7 Å². The number of amides is 2. The van der Waals surface area contributed by atoms with E-state index in [0.717, 1.165) is 22.9 Å². The first-order chi connectivity index (χ1) is 18.9. The maximum atomic E-state index is 13.8. The van der Waals surface area contributed by atoms with Crippen LogP contribution in [-0.2, 0) is 32.6 Å². The molecule has 0 radical (unpaired) electrons. The summed E-state index contributed by atoms with van der Waals surface area (Å²) < 4.78 is 26.7. The molecule has 0 fully saturated rings. The first-order valence-corrected chi connectivity index (χ1v) is 15.5. The number of nitrogens with one attached hydrogen (secondary N) is 1. The molecule has 0 aliphatic rings. The SMILES string of the molecule is CNC(=O)[C@H](Cc1ccccc1)N(Cc1c(Cl)cccc1Cl)C(=O)CCCN(c1cc(C)cc(C)c1)S(C)(=O)=O. The van der Waals surface area contributed by atoms with Crippen molar-refractivity contribution in [3.8, 4) is 0 Å². The number of halogens is 2. The number of aryl methyl sites for hydroxylation is 2. The van der Waals surface area contributed by atoms with Crippen molar-refractivity contribution < 1.29 is 18.0 Å². The van der Waals surface area contributed by atoms with Gasteiger partial charge in [0.05, 0.1) is 11.9 Å². The number of anilines is 1. The van der Waals surface area contributed by atoms with Gasteiger partial charge in [-0.25, -0.2) is 8.42 Å². The zero-order chi connectivity index (χ0) is 29.4. The standard InChI is InChI=1S/C30H35Cl2N3O4S/c1-21-16-22(2)18-24(17-21)35(40(4,38)39)15-9-14-29(36)34(20-25-26(31)12-8-13-27(25)32)28(30(37)33-3)19-23-10-6-5-7-11-23/h5-8,10-13,16-18,28H,9,14-15,19-20H2,1-4H3,(H,33,37)/t28-/m0/s1. The summed E-state index contributed by atoms with van der Waals surface area (Å²) in [5.41, 5.74) is 3.86. The Morgan fingerprint density at radius 1 is 0.925 bits per heavy atom. The molecule has 214 valence electrons. The van der Waals surface area contributed by atoms with Gasteiger partial charge in [0, 0.05) is 48.6 Å². The molecule has 0 unspecified atom stereocenters. The lowest BCUT2D eigenvalue weighted by molar-refractivity contribution is -0.141. The average molecular weight is 605 g/mol. The molecule has 0 bridgehead atoms. The number of carbonyl (C=O) groups is 2. The van der Waals surface area contributed by atoms with Crippen LogP contribution in [0.2, 0.25) is 10.0 Å². The van der Waals surface area contributed by atoms with E-state index in [9.17, 15) is 18.0 Å². The van der Waals surface area contributed by atoms with E-state index in [-0.39, 0.29) is 44.2 Å². The minimum absolute atomic E-state index is 0.0151. The number of benzene rings is 3. The van der Waals surface area contributed by atoms with Crippen molar-refractivity contribution in [3.05, 3.63) is 99.0 Å². The summed E-state index contributed by atoms with van der Waals surface area (Å²) in [7, 11) is -2.07. The topological polar surface area (TPSA) is 86.8 Å². The number of rotatable bonds is 12. The molecule has 0 heterocycles. The van der Waals surface area contributed by atoms with Crippen LogP contribution in [0.5, 0.6) is 0 Å². The number of sulfonamides is 1. The fourth-order valence-corrected chi connectivity index (χ4v) is 6.14. The van der Waals surface area contributed by atoms with Crippen LogP contribution in [0.4, 0.5) is 5.69 Å². The number of nitrogens with zero attached hydrogens (tertiary/aromatic N) is 2. The highest BCUT2D eigenvalue weighted by atomic mass is 35.5. The fraction of sp³-hybridized carbons (Fsp3) is 0.333. The van der Waals surface area contributed by atoms with Crippen LogP contribution in [-0.4, -0.2) is 51.0 Å². The van der Waals surface area contributed by atoms with Crippen LogP contribution in [0.25, 0.3) is 0 Å². The lowest BCUT2D eigenvalue weighted by atomic mass is 10.0. The van der Waals surface area contributed by atoms with Crippen molar-refractivity contribution in [2.24, 2.45) is 0 Å². The first-order valence-electron chi connectivity index (χ1n) is 12.9. The van der Waals surface area contributed by atoms with Gasteiger partial charge in [-0.1, -0.05) is 65.7 Å². The first kappa shape index (κ1) is 31.5. The van der Waals surface area contributed by atoms with E-state index in [1.54, 1.807) is 18.2 Å². The average Bonchev–Trinajstić information content (AvgIpc) is 2.88. The van der Waals surface area contributed by atoms with Gasteiger partial charge in [-0.3, -0.25) is 13.9 Å². The third-order valence-electron chi connectivity index (χ3n) is 6.55. The molecule has 3 aromatic carbocycles. The Labute approximate surface area is 247 Å². The highest BCUT2D eigenvalue weighted by Crippen LogP contribution is 2.28. The smallest absolute Gasteiger partial charge is 0.242 e. The van der Waals surface area contributed by atoms with Crippen LogP contribution >= 0.6 is 23.2 Å². The summed E-state index contributed by atoms with van der Waals surface area (Å²) in [6.45, 7) is 3.94. The summed E-state index contributed by atoms with van der Waals surface area (Å²) in [5.74, 6) is -0.636. The molecule has 7 nitrogen and oxygen atoms in total. The molecule has 0 spiro atoms. The summed E-state index contributed by atoms with van der Waals surface area (Å²) in [6.07, 6.45) is 1.70. The molecule has 3 rings (SSSR count). The van der Waals surface area contributed by atoms with Crippen LogP contribution in [0.15, 0.2) is 66.7 Å². The van der Waals surface area contributed by atoms with Gasteiger partial charge in [0.15, 0.2) is 0 Å². The van der Waals surface area contributed by atoms with Crippen molar-refractivity contribution in [1.29, 1.82) is 0 Å². The fourth-order valence-electron chi connectivity index (χ4n) is 4.67. The van der Waals surface area contributed by atoms with Gasteiger partial charge in [0.1, 0.15) is 6.04 Å². The Kier molecular flexibility index (Phi) is 11.0. The highest BCUT2D eigenvalue weighted by molar-refractivity contribution is 7.92. The van der Waals surface area contributed by atoms with E-state index in [4.69, 9.17) is 23.2 Å². The molecule has 1 atom stereocenters. The largest absolute Gasteiger partial charge is 0.357 e. The van der Waals surface area contributed by atoms with E-state index < -0.39 is 16.1 Å². The predicted molar refractivity (Wildman–Crippen MR) is 162 cm³/mol. The minimum atomic E-state index is -3.59. The van der Waals surface area contributed by atoms with E-state index in [0.29, 0.717) is 21.3 Å². The van der Waals surface area contributed by atoms with Crippen LogP contribution in [0.3, 0.4) is 0 Å². The molecule has 3 aromatic rings. The third-order valence-corrected chi connectivity index (χ3v) is 8.46. The highest BCUT2D eigenvalue weighted by Gasteiger charge is 2.31. The van der Waals surface area contributed by atoms with Crippen molar-refractivity contribution in [1.82, 2.24) is 10.2 Å². The maximum absolute atomic E-state index is 13.8. The van der Waals surface area contributed by atoms with E-state index >= 15 is 0 Å². The molecule has 0 aliphatic heterocycles. The Balaban J connectivity index is 1.90. The van der Waals surface area contributed by atoms with Crippen LogP contribution in [0.1, 0.15) is 35.1 Å². The van der Waals surface area contributed by atoms with E-state index in [1.807, 2.05) is 62.4 Å². The van der Waals surface area contributed by atoms with Crippen molar-refractivity contribution in [2.75, 3.05) is 24.2 Å². The third kappa shape index (κ3) is 8.46. The van der Waals surface area contributed by atoms with Crippen LogP contribution in [0, 0.1) is 13.8 Å². The second kappa shape index (κ2) is 14.0. The quantitative estimate of drug-likeness (QED) is 0.294. The van der Waals surface area contributed by atoms with Gasteiger partial charge < -0.3 is 10.2 Å². The molecule has 0 aliphatic carbocycles. The van der Waals surface area contributed by atoms with Gasteiger partial charge in [-0.2, -0.15) is 0 Å². The molecule has 0 saturated heterocycles. The Hall–Kier alpha value is -3.07. The summed E-state index contributed by atoms with van der Waals surface area (Å²) in [6, 6.07) is 19.3. The van der Waals surface area contributed by atoms with E-state index in [2.05, 4.69) is 5.32 Å². The molecule has 0 saturated carbocycles. The Morgan fingerprint density at radius 3 is 2.08 bits per heavy atom. The van der Waals surface area contributed by atoms with Crippen molar-refractivity contribution in [3.63, 3.8) is 0 Å². The number of likely N-dealkylation sites (N-methyl/N-ethyl adjacent to an activating group) is 1. The molecule has 10 heteroatoms. The van der Waals surface area contributed by atoms with Gasteiger partial charge >= 0.3 is 0 Å². The summed E-state index contributed by atoms with van der Waals surface area (Å²) >= 11 is 12.9. The number of carbonyl (C=O) groups excluding carboxylic acids is 2. The zero-order valence-corrected chi connectivity index (χ0v) is 25.5. The zero-order valence-electron chi connectivity index (χ0n) is 23.2. The second-order valence-corrected chi connectivity index (χ2v) is 12.5. The normalized spacial score (nSPS) is 12.1. The minimum Gasteiger partial charge on any atom is -0.357 e. The summed E-state index contributed by atoms with van der Waals surface area (Å²) in [5, 5.41) is 3.45. The molecule has 2 amide bonds. The van der Waals surface area contributed by atoms with Gasteiger partial charge in [0.2, 0.25) is 21.8 Å².